The molecule has 0 saturated heterocycles. The summed E-state index contributed by atoms with van der Waals surface area (Å²) in [6.07, 6.45) is -0.325. The van der Waals surface area contributed by atoms with Crippen LogP contribution in [-0.4, -0.2) is 11.9 Å². The maximum absolute atomic E-state index is 11.1. The molecule has 4 nitrogen and oxygen atoms in total. The van der Waals surface area contributed by atoms with Crippen LogP contribution in [0.3, 0.4) is 0 Å². The number of hydrogen-bond donors (Lipinski definition) is 0. The van der Waals surface area contributed by atoms with Gasteiger partial charge in [-0.2, -0.15) is 0 Å². The van der Waals surface area contributed by atoms with Gasteiger partial charge in [-0.25, -0.2) is 0 Å². The van der Waals surface area contributed by atoms with E-state index in [0.717, 1.165) is 0 Å². The van der Waals surface area contributed by atoms with Gasteiger partial charge < -0.3 is 9.47 Å². The maximum atomic E-state index is 11.1. The number of esters is 2. The zero-order chi connectivity index (χ0) is 9.97. The molecule has 1 aliphatic rings. The summed E-state index contributed by atoms with van der Waals surface area (Å²) in [6, 6.07) is 6.98. The molecule has 0 aliphatic carbocycles. The van der Waals surface area contributed by atoms with E-state index in [1.807, 2.05) is 0 Å². The lowest BCUT2D eigenvalue weighted by Crippen LogP contribution is -2.19. The van der Waals surface area contributed by atoms with E-state index >= 15 is 0 Å². The normalized spacial score (nSPS) is 16.0. The van der Waals surface area contributed by atoms with Crippen molar-refractivity contribution in [1.29, 1.82) is 0 Å². The van der Waals surface area contributed by atoms with Crippen LogP contribution in [0.5, 0.6) is 5.75 Å². The highest BCUT2D eigenvalue weighted by Crippen LogP contribution is 2.21. The molecule has 0 saturated carbocycles. The fraction of sp³-hybridized carbons (Fsp3) is 0.200. The molecular weight excluding hydrogens is 184 g/mol. The minimum absolute atomic E-state index is 0.155. The number of benzene rings is 1. The van der Waals surface area contributed by atoms with Crippen LogP contribution in [0.2, 0.25) is 0 Å². The van der Waals surface area contributed by atoms with Crippen LogP contribution < -0.4 is 4.74 Å². The average Bonchev–Trinajstić information content (AvgIpc) is 2.14. The van der Waals surface area contributed by atoms with E-state index in [0.29, 0.717) is 11.3 Å². The van der Waals surface area contributed by atoms with Gasteiger partial charge in [0.25, 0.3) is 0 Å². The Bertz CT molecular complexity index is 383. The lowest BCUT2D eigenvalue weighted by Gasteiger charge is -2.13. The van der Waals surface area contributed by atoms with Gasteiger partial charge in [-0.05, 0) is 6.07 Å². The summed E-state index contributed by atoms with van der Waals surface area (Å²) in [5.74, 6) is -0.670. The van der Waals surface area contributed by atoms with E-state index in [1.165, 1.54) is 0 Å². The van der Waals surface area contributed by atoms with E-state index in [4.69, 9.17) is 9.47 Å². The van der Waals surface area contributed by atoms with Crippen molar-refractivity contribution >= 4 is 11.9 Å². The molecule has 0 amide bonds. The van der Waals surface area contributed by atoms with Crippen molar-refractivity contribution in [3.05, 3.63) is 29.8 Å². The molecule has 0 bridgehead atoms. The van der Waals surface area contributed by atoms with Gasteiger partial charge in [0.2, 0.25) is 0 Å². The summed E-state index contributed by atoms with van der Waals surface area (Å²) in [6.45, 7) is 0.155. The third-order valence-electron chi connectivity index (χ3n) is 1.87. The summed E-state index contributed by atoms with van der Waals surface area (Å²) in [4.78, 5) is 22.0. The summed E-state index contributed by atoms with van der Waals surface area (Å²) < 4.78 is 9.81. The van der Waals surface area contributed by atoms with Crippen LogP contribution in [0.15, 0.2) is 24.3 Å². The molecule has 72 valence electrons. The van der Waals surface area contributed by atoms with Gasteiger partial charge in [0.15, 0.2) is 0 Å². The molecule has 0 atom stereocenters. The van der Waals surface area contributed by atoms with E-state index in [9.17, 15) is 9.59 Å². The largest absolute Gasteiger partial charge is 0.460 e. The highest BCUT2D eigenvalue weighted by molar-refractivity contribution is 5.92. The van der Waals surface area contributed by atoms with Crippen molar-refractivity contribution in [3.8, 4) is 5.75 Å². The number of fused-ring (bicyclic) bond motifs is 1. The van der Waals surface area contributed by atoms with Crippen molar-refractivity contribution in [2.45, 2.75) is 13.0 Å². The SMILES string of the molecule is O=C1CC(=O)Oc2ccccc2CO1. The topological polar surface area (TPSA) is 52.6 Å². The van der Waals surface area contributed by atoms with E-state index in [-0.39, 0.29) is 13.0 Å². The zero-order valence-corrected chi connectivity index (χ0v) is 7.36. The monoisotopic (exact) mass is 192 g/mol. The Morgan fingerprint density at radius 3 is 2.71 bits per heavy atom. The third kappa shape index (κ3) is 1.74. The van der Waals surface area contributed by atoms with Crippen LogP contribution in [0.1, 0.15) is 12.0 Å². The Morgan fingerprint density at radius 2 is 1.86 bits per heavy atom. The standard InChI is InChI=1S/C10H8O4/c11-9-5-10(12)14-8-4-2-1-3-7(8)6-13-9/h1-4H,5-6H2. The maximum Gasteiger partial charge on any atom is 0.322 e. The molecule has 0 fully saturated rings. The number of para-hydroxylation sites is 1. The molecule has 2 rings (SSSR count). The predicted octanol–water partition coefficient (Wildman–Crippen LogP) is 1.04. The van der Waals surface area contributed by atoms with Crippen LogP contribution >= 0.6 is 0 Å². The first-order chi connectivity index (χ1) is 6.75. The van der Waals surface area contributed by atoms with Gasteiger partial charge in [-0.15, -0.1) is 0 Å². The van der Waals surface area contributed by atoms with E-state index in [1.54, 1.807) is 24.3 Å². The fourth-order valence-electron chi connectivity index (χ4n) is 1.21. The lowest BCUT2D eigenvalue weighted by atomic mass is 10.2. The predicted molar refractivity (Wildman–Crippen MR) is 46.5 cm³/mol. The molecule has 14 heavy (non-hydrogen) atoms. The Labute approximate surface area is 80.4 Å². The zero-order valence-electron chi connectivity index (χ0n) is 7.36. The van der Waals surface area contributed by atoms with Crippen molar-refractivity contribution in [2.75, 3.05) is 0 Å². The molecule has 1 aromatic carbocycles. The second-order valence-electron chi connectivity index (χ2n) is 2.92. The molecule has 0 aromatic heterocycles. The number of cyclic esters (lactones) is 1. The fourth-order valence-corrected chi connectivity index (χ4v) is 1.21. The third-order valence-corrected chi connectivity index (χ3v) is 1.87. The van der Waals surface area contributed by atoms with Crippen molar-refractivity contribution in [2.24, 2.45) is 0 Å². The number of rotatable bonds is 0. The molecule has 0 unspecified atom stereocenters. The molecule has 0 radical (unpaired) electrons. The second-order valence-corrected chi connectivity index (χ2v) is 2.92. The minimum Gasteiger partial charge on any atom is -0.460 e. The first-order valence-corrected chi connectivity index (χ1v) is 4.20. The first kappa shape index (κ1) is 8.74. The Balaban J connectivity index is 2.33. The first-order valence-electron chi connectivity index (χ1n) is 4.20. The highest BCUT2D eigenvalue weighted by Gasteiger charge is 2.18. The Morgan fingerprint density at radius 1 is 1.07 bits per heavy atom. The smallest absolute Gasteiger partial charge is 0.322 e. The van der Waals surface area contributed by atoms with Gasteiger partial charge in [0.05, 0.1) is 0 Å². The summed E-state index contributed by atoms with van der Waals surface area (Å²) >= 11 is 0. The highest BCUT2D eigenvalue weighted by atomic mass is 16.6. The molecule has 1 aliphatic heterocycles. The van der Waals surface area contributed by atoms with Crippen molar-refractivity contribution in [3.63, 3.8) is 0 Å². The van der Waals surface area contributed by atoms with Gasteiger partial charge in [-0.1, -0.05) is 18.2 Å². The quantitative estimate of drug-likeness (QED) is 0.350. The summed E-state index contributed by atoms with van der Waals surface area (Å²) in [7, 11) is 0. The lowest BCUT2D eigenvalue weighted by molar-refractivity contribution is -0.152. The molecule has 1 heterocycles. The average molecular weight is 192 g/mol. The molecule has 0 spiro atoms. The van der Waals surface area contributed by atoms with Gasteiger partial charge in [0.1, 0.15) is 18.8 Å². The number of carbonyl (C=O) groups excluding carboxylic acids is 2. The molecular formula is C10H8O4. The Hall–Kier alpha value is -1.84. The number of ether oxygens (including phenoxy) is 2. The van der Waals surface area contributed by atoms with Gasteiger partial charge >= 0.3 is 11.9 Å². The van der Waals surface area contributed by atoms with E-state index in [2.05, 4.69) is 0 Å². The van der Waals surface area contributed by atoms with Crippen LogP contribution in [0.25, 0.3) is 0 Å². The van der Waals surface area contributed by atoms with E-state index < -0.39 is 11.9 Å². The number of hydrogen-bond acceptors (Lipinski definition) is 4. The van der Waals surface area contributed by atoms with Crippen LogP contribution in [0, 0.1) is 0 Å². The van der Waals surface area contributed by atoms with Crippen molar-refractivity contribution in [1.82, 2.24) is 0 Å². The summed E-state index contributed by atoms with van der Waals surface area (Å²) in [5.41, 5.74) is 0.703. The van der Waals surface area contributed by atoms with Gasteiger partial charge in [0, 0.05) is 5.56 Å². The number of carbonyl (C=O) groups is 2. The summed E-state index contributed by atoms with van der Waals surface area (Å²) in [5, 5.41) is 0. The molecule has 0 N–H and O–H groups in total. The minimum atomic E-state index is -0.581. The Kier molecular flexibility index (Phi) is 2.18. The van der Waals surface area contributed by atoms with Gasteiger partial charge in [-0.3, -0.25) is 9.59 Å². The van der Waals surface area contributed by atoms with Crippen LogP contribution in [0.4, 0.5) is 0 Å². The van der Waals surface area contributed by atoms with Crippen molar-refractivity contribution < 1.29 is 19.1 Å². The molecule has 4 heteroatoms. The second kappa shape index (κ2) is 3.49. The van der Waals surface area contributed by atoms with Crippen LogP contribution in [-0.2, 0) is 20.9 Å². The molecule has 1 aromatic rings.